The van der Waals surface area contributed by atoms with E-state index in [1.165, 1.54) is 11.1 Å². The molecule has 0 amide bonds. The number of carbonyl (C=O) groups excluding carboxylic acids is 1. The maximum atomic E-state index is 11.3. The van der Waals surface area contributed by atoms with E-state index in [4.69, 9.17) is 0 Å². The molecule has 3 aromatic rings. The minimum absolute atomic E-state index is 0.623. The Labute approximate surface area is 135 Å². The molecule has 2 aromatic heterocycles. The number of aromatic nitrogens is 2. The van der Waals surface area contributed by atoms with Gasteiger partial charge in [-0.3, -0.25) is 9.48 Å². The van der Waals surface area contributed by atoms with Crippen molar-refractivity contribution >= 4 is 33.6 Å². The molecule has 0 aliphatic carbocycles. The van der Waals surface area contributed by atoms with Gasteiger partial charge >= 0.3 is 0 Å². The molecule has 1 aromatic carbocycles. The van der Waals surface area contributed by atoms with Crippen LogP contribution < -0.4 is 0 Å². The van der Waals surface area contributed by atoms with Crippen molar-refractivity contribution in [3.63, 3.8) is 0 Å². The first-order valence-corrected chi connectivity index (χ1v) is 8.11. The third-order valence-corrected chi connectivity index (χ3v) is 4.95. The highest BCUT2D eigenvalue weighted by atomic mass is 79.9. The molecular formula is C16H13BrN2OS. The molecule has 21 heavy (non-hydrogen) atoms. The highest BCUT2D eigenvalue weighted by Crippen LogP contribution is 2.32. The van der Waals surface area contributed by atoms with E-state index in [0.717, 1.165) is 20.6 Å². The molecule has 2 heterocycles. The zero-order valence-electron chi connectivity index (χ0n) is 11.4. The van der Waals surface area contributed by atoms with Gasteiger partial charge in [-0.1, -0.05) is 24.3 Å². The van der Waals surface area contributed by atoms with Crippen LogP contribution in [0.25, 0.3) is 10.6 Å². The van der Waals surface area contributed by atoms with Crippen molar-refractivity contribution in [2.45, 2.75) is 13.5 Å². The Bertz CT molecular complexity index is 791. The van der Waals surface area contributed by atoms with E-state index in [9.17, 15) is 4.79 Å². The highest BCUT2D eigenvalue weighted by Gasteiger charge is 2.13. The molecular weight excluding hydrogens is 348 g/mol. The van der Waals surface area contributed by atoms with Crippen LogP contribution >= 0.6 is 27.3 Å². The Morgan fingerprint density at radius 3 is 2.76 bits per heavy atom. The Morgan fingerprint density at radius 1 is 1.29 bits per heavy atom. The third-order valence-electron chi connectivity index (χ3n) is 3.32. The Balaban J connectivity index is 1.96. The van der Waals surface area contributed by atoms with Crippen LogP contribution in [-0.4, -0.2) is 16.1 Å². The molecule has 0 spiro atoms. The number of benzene rings is 1. The minimum Gasteiger partial charge on any atom is -0.298 e. The summed E-state index contributed by atoms with van der Waals surface area (Å²) in [5, 5.41) is 4.58. The SMILES string of the molecule is Cc1ccccc1Cn1cc(C=O)c(-c2ccc(Br)s2)n1. The van der Waals surface area contributed by atoms with E-state index in [1.54, 1.807) is 11.3 Å². The fraction of sp³-hybridized carbons (Fsp3) is 0.125. The summed E-state index contributed by atoms with van der Waals surface area (Å²) in [6, 6.07) is 12.1. The molecule has 3 rings (SSSR count). The van der Waals surface area contributed by atoms with E-state index >= 15 is 0 Å². The molecule has 5 heteroatoms. The van der Waals surface area contributed by atoms with Crippen LogP contribution in [0.4, 0.5) is 0 Å². The monoisotopic (exact) mass is 360 g/mol. The Hall–Kier alpha value is -1.72. The molecule has 0 atom stereocenters. The van der Waals surface area contributed by atoms with Crippen LogP contribution in [0.1, 0.15) is 21.5 Å². The Kier molecular flexibility index (Phi) is 4.03. The van der Waals surface area contributed by atoms with Crippen molar-refractivity contribution in [3.8, 4) is 10.6 Å². The van der Waals surface area contributed by atoms with Gasteiger partial charge in [0.05, 0.1) is 20.8 Å². The summed E-state index contributed by atoms with van der Waals surface area (Å²) in [5.41, 5.74) is 3.80. The predicted molar refractivity (Wildman–Crippen MR) is 88.9 cm³/mol. The number of thiophene rings is 1. The van der Waals surface area contributed by atoms with E-state index in [0.29, 0.717) is 12.1 Å². The van der Waals surface area contributed by atoms with Crippen LogP contribution in [0, 0.1) is 6.92 Å². The van der Waals surface area contributed by atoms with Gasteiger partial charge in [0.2, 0.25) is 0 Å². The van der Waals surface area contributed by atoms with Crippen molar-refractivity contribution < 1.29 is 4.79 Å². The van der Waals surface area contributed by atoms with Gasteiger partial charge in [0.25, 0.3) is 0 Å². The first-order chi connectivity index (χ1) is 10.2. The first-order valence-electron chi connectivity index (χ1n) is 6.50. The summed E-state index contributed by atoms with van der Waals surface area (Å²) in [6.45, 7) is 2.75. The minimum atomic E-state index is 0.623. The number of hydrogen-bond acceptors (Lipinski definition) is 3. The molecule has 0 N–H and O–H groups in total. The normalized spacial score (nSPS) is 10.8. The lowest BCUT2D eigenvalue weighted by molar-refractivity contribution is 0.112. The molecule has 0 saturated heterocycles. The molecule has 3 nitrogen and oxygen atoms in total. The van der Waals surface area contributed by atoms with Gasteiger partial charge in [-0.2, -0.15) is 5.10 Å². The van der Waals surface area contributed by atoms with Crippen molar-refractivity contribution in [2.24, 2.45) is 0 Å². The van der Waals surface area contributed by atoms with Crippen LogP contribution in [0.15, 0.2) is 46.4 Å². The molecule has 0 radical (unpaired) electrons. The predicted octanol–water partition coefficient (Wildman–Crippen LogP) is 4.54. The number of rotatable bonds is 4. The molecule has 0 fully saturated rings. The van der Waals surface area contributed by atoms with Gasteiger partial charge in [-0.05, 0) is 46.1 Å². The average Bonchev–Trinajstić information content (AvgIpc) is 3.07. The lowest BCUT2D eigenvalue weighted by atomic mass is 10.1. The zero-order chi connectivity index (χ0) is 14.8. The third kappa shape index (κ3) is 2.99. The van der Waals surface area contributed by atoms with Gasteiger partial charge in [-0.25, -0.2) is 0 Å². The second kappa shape index (κ2) is 5.95. The topological polar surface area (TPSA) is 34.9 Å². The van der Waals surface area contributed by atoms with Crippen LogP contribution in [0.5, 0.6) is 0 Å². The quantitative estimate of drug-likeness (QED) is 0.640. The maximum absolute atomic E-state index is 11.3. The van der Waals surface area contributed by atoms with Crippen molar-refractivity contribution in [2.75, 3.05) is 0 Å². The van der Waals surface area contributed by atoms with Crippen LogP contribution in [0.2, 0.25) is 0 Å². The molecule has 106 valence electrons. The molecule has 0 unspecified atom stereocenters. The standard InChI is InChI=1S/C16H13BrN2OS/c1-11-4-2-3-5-12(11)8-19-9-13(10-20)16(18-19)14-6-7-15(17)21-14/h2-7,9-10H,8H2,1H3. The highest BCUT2D eigenvalue weighted by molar-refractivity contribution is 9.11. The fourth-order valence-corrected chi connectivity index (χ4v) is 3.59. The summed E-state index contributed by atoms with van der Waals surface area (Å²) in [5.74, 6) is 0. The average molecular weight is 361 g/mol. The van der Waals surface area contributed by atoms with Crippen LogP contribution in [0.3, 0.4) is 0 Å². The number of carbonyl (C=O) groups is 1. The smallest absolute Gasteiger partial charge is 0.153 e. The van der Waals surface area contributed by atoms with E-state index < -0.39 is 0 Å². The number of halogens is 1. The lowest BCUT2D eigenvalue weighted by Crippen LogP contribution is -2.01. The summed E-state index contributed by atoms with van der Waals surface area (Å²) in [6.07, 6.45) is 2.67. The summed E-state index contributed by atoms with van der Waals surface area (Å²) >= 11 is 5.02. The summed E-state index contributed by atoms with van der Waals surface area (Å²) in [7, 11) is 0. The van der Waals surface area contributed by atoms with Gasteiger partial charge in [0.1, 0.15) is 5.69 Å². The maximum Gasteiger partial charge on any atom is 0.153 e. The van der Waals surface area contributed by atoms with Gasteiger partial charge in [-0.15, -0.1) is 11.3 Å². The van der Waals surface area contributed by atoms with E-state index in [-0.39, 0.29) is 0 Å². The largest absolute Gasteiger partial charge is 0.298 e. The van der Waals surface area contributed by atoms with Gasteiger partial charge in [0.15, 0.2) is 6.29 Å². The van der Waals surface area contributed by atoms with Crippen molar-refractivity contribution in [1.29, 1.82) is 0 Å². The first kappa shape index (κ1) is 14.2. The molecule has 0 aliphatic rings. The second-order valence-corrected chi connectivity index (χ2v) is 7.24. The molecule has 0 bridgehead atoms. The van der Waals surface area contributed by atoms with E-state index in [2.05, 4.69) is 40.1 Å². The fourth-order valence-electron chi connectivity index (χ4n) is 2.20. The van der Waals surface area contributed by atoms with Gasteiger partial charge in [0, 0.05) is 6.20 Å². The Morgan fingerprint density at radius 2 is 2.10 bits per heavy atom. The second-order valence-electron chi connectivity index (χ2n) is 4.78. The summed E-state index contributed by atoms with van der Waals surface area (Å²) < 4.78 is 2.86. The number of aryl methyl sites for hydroxylation is 1. The molecule has 0 aliphatic heterocycles. The number of aldehydes is 1. The lowest BCUT2D eigenvalue weighted by Gasteiger charge is -2.05. The molecule has 0 saturated carbocycles. The van der Waals surface area contributed by atoms with Crippen molar-refractivity contribution in [3.05, 3.63) is 63.1 Å². The number of hydrogen-bond donors (Lipinski definition) is 0. The zero-order valence-corrected chi connectivity index (χ0v) is 13.8. The summed E-state index contributed by atoms with van der Waals surface area (Å²) in [4.78, 5) is 12.3. The van der Waals surface area contributed by atoms with Crippen LogP contribution in [-0.2, 0) is 6.54 Å². The van der Waals surface area contributed by atoms with Gasteiger partial charge < -0.3 is 0 Å². The number of nitrogens with zero attached hydrogens (tertiary/aromatic N) is 2. The van der Waals surface area contributed by atoms with Crippen molar-refractivity contribution in [1.82, 2.24) is 9.78 Å². The van der Waals surface area contributed by atoms with E-state index in [1.807, 2.05) is 35.1 Å².